The van der Waals surface area contributed by atoms with E-state index in [1.807, 2.05) is 0 Å². The topological polar surface area (TPSA) is 106 Å². The minimum atomic E-state index is -0.798. The molecule has 0 aromatic heterocycles. The summed E-state index contributed by atoms with van der Waals surface area (Å²) >= 11 is 0. The van der Waals surface area contributed by atoms with Gasteiger partial charge in [-0.05, 0) is 30.5 Å². The highest BCUT2D eigenvalue weighted by Gasteiger charge is 2.42. The number of hydrogen-bond acceptors (Lipinski definition) is 6. The van der Waals surface area contributed by atoms with E-state index in [0.29, 0.717) is 44.1 Å². The number of methoxy groups -OCH3 is 2. The number of nitrogens with zero attached hydrogens (tertiary/aromatic N) is 1. The number of nitrogens with one attached hydrogen (secondary N) is 2. The van der Waals surface area contributed by atoms with E-state index in [9.17, 15) is 14.4 Å². The van der Waals surface area contributed by atoms with Gasteiger partial charge in [0, 0.05) is 32.7 Å². The first-order valence-corrected chi connectivity index (χ1v) is 10.0. The Balaban J connectivity index is 1.84. The molecule has 2 saturated heterocycles. The Labute approximate surface area is 176 Å². The highest BCUT2D eigenvalue weighted by atomic mass is 16.5. The van der Waals surface area contributed by atoms with Gasteiger partial charge in [0.2, 0.25) is 17.7 Å². The van der Waals surface area contributed by atoms with Crippen LogP contribution in [0.1, 0.15) is 25.3 Å². The molecule has 1 aromatic rings. The summed E-state index contributed by atoms with van der Waals surface area (Å²) in [5.74, 6) is 0.472. The first kappa shape index (κ1) is 21.9. The number of benzene rings is 1. The zero-order valence-electron chi connectivity index (χ0n) is 17.7. The lowest BCUT2D eigenvalue weighted by molar-refractivity contribution is -0.132. The molecule has 2 fully saturated rings. The minimum Gasteiger partial charge on any atom is -0.497 e. The summed E-state index contributed by atoms with van der Waals surface area (Å²) in [6.45, 7) is 2.88. The maximum Gasteiger partial charge on any atom is 0.244 e. The largest absolute Gasteiger partial charge is 0.497 e. The van der Waals surface area contributed by atoms with E-state index < -0.39 is 11.6 Å². The normalized spacial score (nSPS) is 20.8. The molecule has 1 atom stereocenters. The molecule has 2 heterocycles. The van der Waals surface area contributed by atoms with Crippen molar-refractivity contribution < 1.29 is 28.6 Å². The Morgan fingerprint density at radius 2 is 1.83 bits per heavy atom. The van der Waals surface area contributed by atoms with Gasteiger partial charge in [-0.2, -0.15) is 0 Å². The summed E-state index contributed by atoms with van der Waals surface area (Å²) in [4.78, 5) is 39.3. The van der Waals surface area contributed by atoms with Crippen LogP contribution >= 0.6 is 0 Å². The summed E-state index contributed by atoms with van der Waals surface area (Å²) in [6, 6.07) is 4.52. The monoisotopic (exact) mass is 419 g/mol. The van der Waals surface area contributed by atoms with Crippen LogP contribution < -0.4 is 20.1 Å². The van der Waals surface area contributed by atoms with Crippen LogP contribution in [0.15, 0.2) is 18.2 Å². The molecule has 164 valence electrons. The third-order valence-electron chi connectivity index (χ3n) is 5.55. The van der Waals surface area contributed by atoms with Crippen molar-refractivity contribution in [1.82, 2.24) is 15.5 Å². The predicted octanol–water partition coefficient (Wildman–Crippen LogP) is 0.259. The number of hydrogen-bond donors (Lipinski definition) is 2. The maximum absolute atomic E-state index is 13.2. The molecule has 9 heteroatoms. The Hall–Kier alpha value is -2.81. The van der Waals surface area contributed by atoms with Crippen molar-refractivity contribution in [2.24, 2.45) is 0 Å². The molecule has 0 bridgehead atoms. The smallest absolute Gasteiger partial charge is 0.244 e. The Bertz CT molecular complexity index is 784. The molecular formula is C21H29N3O6. The molecule has 3 amide bonds. The van der Waals surface area contributed by atoms with Gasteiger partial charge in [0.15, 0.2) is 0 Å². The van der Waals surface area contributed by atoms with Crippen molar-refractivity contribution in [1.29, 1.82) is 0 Å². The van der Waals surface area contributed by atoms with Crippen molar-refractivity contribution >= 4 is 17.7 Å². The number of carbonyl (C=O) groups excluding carboxylic acids is 3. The molecule has 0 radical (unpaired) electrons. The van der Waals surface area contributed by atoms with Crippen LogP contribution in [0, 0.1) is 0 Å². The van der Waals surface area contributed by atoms with Crippen LogP contribution in [0.3, 0.4) is 0 Å². The van der Waals surface area contributed by atoms with Crippen molar-refractivity contribution in [2.45, 2.75) is 37.8 Å². The van der Waals surface area contributed by atoms with Crippen LogP contribution in [0.4, 0.5) is 0 Å². The van der Waals surface area contributed by atoms with Gasteiger partial charge in [0.1, 0.15) is 17.5 Å². The second-order valence-corrected chi connectivity index (χ2v) is 7.81. The SMILES string of the molecule is COc1cc(CC(=O)N2CC(NC(C)=O)C(=O)NC3(CCOCC3)C2)cc(OC)c1. The second-order valence-electron chi connectivity index (χ2n) is 7.81. The molecule has 0 aliphatic carbocycles. The van der Waals surface area contributed by atoms with E-state index in [1.165, 1.54) is 6.92 Å². The quantitative estimate of drug-likeness (QED) is 0.709. The zero-order valence-corrected chi connectivity index (χ0v) is 17.7. The molecular weight excluding hydrogens is 390 g/mol. The van der Waals surface area contributed by atoms with E-state index in [1.54, 1.807) is 37.3 Å². The summed E-state index contributed by atoms with van der Waals surface area (Å²) in [7, 11) is 3.11. The molecule has 9 nitrogen and oxygen atoms in total. The van der Waals surface area contributed by atoms with E-state index in [0.717, 1.165) is 5.56 Å². The molecule has 1 aromatic carbocycles. The second kappa shape index (κ2) is 9.34. The van der Waals surface area contributed by atoms with Gasteiger partial charge in [-0.1, -0.05) is 0 Å². The first-order valence-electron chi connectivity index (χ1n) is 10.0. The van der Waals surface area contributed by atoms with Crippen molar-refractivity contribution in [3.8, 4) is 11.5 Å². The van der Waals surface area contributed by atoms with Gasteiger partial charge in [-0.15, -0.1) is 0 Å². The minimum absolute atomic E-state index is 0.119. The summed E-state index contributed by atoms with van der Waals surface area (Å²) < 4.78 is 16.0. The molecule has 2 aliphatic rings. The van der Waals surface area contributed by atoms with Gasteiger partial charge >= 0.3 is 0 Å². The molecule has 3 rings (SSSR count). The van der Waals surface area contributed by atoms with E-state index in [4.69, 9.17) is 14.2 Å². The molecule has 2 N–H and O–H groups in total. The van der Waals surface area contributed by atoms with E-state index in [-0.39, 0.29) is 30.7 Å². The lowest BCUT2D eigenvalue weighted by atomic mass is 9.89. The van der Waals surface area contributed by atoms with Gasteiger partial charge in [0.05, 0.1) is 32.7 Å². The number of carbonyl (C=O) groups is 3. The molecule has 0 saturated carbocycles. The van der Waals surface area contributed by atoms with Gasteiger partial charge in [0.25, 0.3) is 0 Å². The third kappa shape index (κ3) is 5.21. The summed E-state index contributed by atoms with van der Waals surface area (Å²) in [5.41, 5.74) is 0.196. The molecule has 2 aliphatic heterocycles. The zero-order chi connectivity index (χ0) is 21.7. The van der Waals surface area contributed by atoms with Gasteiger partial charge < -0.3 is 29.7 Å². The highest BCUT2D eigenvalue weighted by molar-refractivity contribution is 5.89. The number of rotatable bonds is 5. The van der Waals surface area contributed by atoms with Crippen molar-refractivity contribution in [3.63, 3.8) is 0 Å². The summed E-state index contributed by atoms with van der Waals surface area (Å²) in [6.07, 6.45) is 1.35. The lowest BCUT2D eigenvalue weighted by Gasteiger charge is -2.39. The van der Waals surface area contributed by atoms with Crippen LogP contribution in [-0.4, -0.2) is 74.7 Å². The Kier molecular flexibility index (Phi) is 6.81. The van der Waals surface area contributed by atoms with Crippen molar-refractivity contribution in [3.05, 3.63) is 23.8 Å². The van der Waals surface area contributed by atoms with E-state index >= 15 is 0 Å². The fraction of sp³-hybridized carbons (Fsp3) is 0.571. The standard InChI is InChI=1S/C21H29N3O6/c1-14(25)22-18-12-24(13-21(23-20(18)27)4-6-30-7-5-21)19(26)10-15-8-16(28-2)11-17(9-15)29-3/h8-9,11,18H,4-7,10,12-13H2,1-3H3,(H,22,25)(H,23,27). The third-order valence-corrected chi connectivity index (χ3v) is 5.55. The Morgan fingerprint density at radius 1 is 1.20 bits per heavy atom. The van der Waals surface area contributed by atoms with E-state index in [2.05, 4.69) is 10.6 Å². The Morgan fingerprint density at radius 3 is 2.40 bits per heavy atom. The highest BCUT2D eigenvalue weighted by Crippen LogP contribution is 2.26. The predicted molar refractivity (Wildman–Crippen MR) is 108 cm³/mol. The van der Waals surface area contributed by atoms with Crippen LogP contribution in [0.2, 0.25) is 0 Å². The number of ether oxygens (including phenoxy) is 3. The number of amides is 3. The average Bonchev–Trinajstić information content (AvgIpc) is 2.84. The average molecular weight is 419 g/mol. The van der Waals surface area contributed by atoms with Crippen LogP contribution in [-0.2, 0) is 25.5 Å². The first-order chi connectivity index (χ1) is 14.3. The van der Waals surface area contributed by atoms with Crippen LogP contribution in [0.25, 0.3) is 0 Å². The maximum atomic E-state index is 13.2. The lowest BCUT2D eigenvalue weighted by Crippen LogP contribution is -2.58. The van der Waals surface area contributed by atoms with Gasteiger partial charge in [-0.25, -0.2) is 0 Å². The van der Waals surface area contributed by atoms with Gasteiger partial charge in [-0.3, -0.25) is 14.4 Å². The molecule has 1 spiro atoms. The summed E-state index contributed by atoms with van der Waals surface area (Å²) in [5, 5.41) is 5.73. The van der Waals surface area contributed by atoms with Crippen molar-refractivity contribution in [2.75, 3.05) is 40.5 Å². The molecule has 30 heavy (non-hydrogen) atoms. The fourth-order valence-electron chi connectivity index (χ4n) is 3.97. The fourth-order valence-corrected chi connectivity index (χ4v) is 3.97. The van der Waals surface area contributed by atoms with Crippen LogP contribution in [0.5, 0.6) is 11.5 Å². The molecule has 1 unspecified atom stereocenters.